The Labute approximate surface area is 441 Å². The lowest BCUT2D eigenvalue weighted by Crippen LogP contribution is -2.61. The van der Waals surface area contributed by atoms with Gasteiger partial charge < -0.3 is 53.4 Å². The number of rotatable bonds is 13. The molecule has 3 aliphatic heterocycles. The number of ketones is 3. The van der Waals surface area contributed by atoms with Crippen molar-refractivity contribution in [1.29, 1.82) is 0 Å². The van der Waals surface area contributed by atoms with Crippen LogP contribution in [0.3, 0.4) is 0 Å². The SMILES string of the molecule is CO[C@@H]1CC(C[C@@H](C)C2CC(=O)[C@H](C)/C=C(\C)[C@@H](O)[C@@H](OC)C(=O)[C@H](C)C[C@H](C)/C=C/C=C/C=C(\C)C(OCCOCC(F)(F)F)C[C@@H]3CC[C@@H](C)[C@@](O)(O3)C(=O)C(=O)N3CCCC[C@H]3C(=O)O2)CC[C@H]1OCCO. The smallest absolute Gasteiger partial charge is 0.411 e. The molecule has 1 amide bonds. The Balaban J connectivity index is 1.71. The van der Waals surface area contributed by atoms with Crippen LogP contribution in [0.15, 0.2) is 47.6 Å². The second kappa shape index (κ2) is 30.5. The first-order valence-corrected chi connectivity index (χ1v) is 26.9. The lowest BCUT2D eigenvalue weighted by molar-refractivity contribution is -0.266. The molecule has 3 fully saturated rings. The number of aliphatic hydroxyl groups is 3. The number of carbonyl (C=O) groups excluding carboxylic acids is 5. The summed E-state index contributed by atoms with van der Waals surface area (Å²) in [7, 11) is 2.94. The minimum Gasteiger partial charge on any atom is -0.460 e. The summed E-state index contributed by atoms with van der Waals surface area (Å²) in [6.07, 6.45) is 4.90. The summed E-state index contributed by atoms with van der Waals surface area (Å²) in [5.41, 5.74) is 0.982. The zero-order chi connectivity index (χ0) is 55.6. The Morgan fingerprint density at radius 1 is 0.853 bits per heavy atom. The van der Waals surface area contributed by atoms with Gasteiger partial charge in [-0.05, 0) is 107 Å². The van der Waals surface area contributed by atoms with Gasteiger partial charge in [-0.25, -0.2) is 4.79 Å². The number of esters is 1. The van der Waals surface area contributed by atoms with Crippen LogP contribution < -0.4 is 0 Å². The number of amides is 1. The number of fused-ring (bicyclic) bond motifs is 3. The number of Topliss-reactive ketones (excluding diaryl/α,β-unsaturated/α-hetero) is 3. The predicted octanol–water partition coefficient (Wildman–Crippen LogP) is 7.15. The van der Waals surface area contributed by atoms with Crippen LogP contribution in [-0.2, 0) is 57.1 Å². The minimum atomic E-state index is -4.53. The van der Waals surface area contributed by atoms with Crippen molar-refractivity contribution in [3.63, 3.8) is 0 Å². The molecule has 4 aliphatic rings. The highest BCUT2D eigenvalue weighted by Crippen LogP contribution is 2.38. The molecule has 0 aromatic rings. The van der Waals surface area contributed by atoms with Crippen LogP contribution in [0.5, 0.6) is 0 Å². The van der Waals surface area contributed by atoms with Crippen LogP contribution in [0.4, 0.5) is 13.2 Å². The molecule has 1 aliphatic carbocycles. The number of ether oxygens (including phenoxy) is 7. The van der Waals surface area contributed by atoms with Gasteiger partial charge in [0.05, 0.1) is 50.8 Å². The Morgan fingerprint density at radius 2 is 1.59 bits per heavy atom. The van der Waals surface area contributed by atoms with Gasteiger partial charge in [0.2, 0.25) is 5.79 Å². The van der Waals surface area contributed by atoms with E-state index in [4.69, 9.17) is 33.2 Å². The fourth-order valence-corrected chi connectivity index (χ4v) is 10.8. The van der Waals surface area contributed by atoms with E-state index in [0.717, 1.165) is 11.3 Å². The molecule has 0 aromatic heterocycles. The first-order valence-electron chi connectivity index (χ1n) is 26.9. The van der Waals surface area contributed by atoms with Gasteiger partial charge in [-0.15, -0.1) is 0 Å². The molecular weight excluding hydrogens is 984 g/mol. The van der Waals surface area contributed by atoms with E-state index in [1.165, 1.54) is 7.11 Å². The third kappa shape index (κ3) is 19.0. The van der Waals surface area contributed by atoms with Gasteiger partial charge in [0.25, 0.3) is 11.7 Å². The van der Waals surface area contributed by atoms with Crippen molar-refractivity contribution >= 4 is 29.2 Å². The normalized spacial score (nSPS) is 36.9. The summed E-state index contributed by atoms with van der Waals surface area (Å²) >= 11 is 0. The molecule has 19 heteroatoms. The summed E-state index contributed by atoms with van der Waals surface area (Å²) in [6, 6.07) is -1.23. The fraction of sp³-hybridized carbons (Fsp3) is 0.768. The van der Waals surface area contributed by atoms with E-state index >= 15 is 0 Å². The quantitative estimate of drug-likeness (QED) is 0.0723. The van der Waals surface area contributed by atoms with E-state index in [9.17, 15) is 52.5 Å². The van der Waals surface area contributed by atoms with Gasteiger partial charge in [-0.1, -0.05) is 71.1 Å². The maximum absolute atomic E-state index is 14.5. The van der Waals surface area contributed by atoms with Crippen molar-refractivity contribution in [2.75, 3.05) is 53.8 Å². The van der Waals surface area contributed by atoms with Crippen LogP contribution in [0, 0.1) is 35.5 Å². The Bertz CT molecular complexity index is 1990. The first kappa shape index (κ1) is 63.9. The molecule has 3 N–H and O–H groups in total. The zero-order valence-electron chi connectivity index (χ0n) is 45.6. The second-order valence-corrected chi connectivity index (χ2v) is 21.5. The molecule has 16 nitrogen and oxygen atoms in total. The number of carbonyl (C=O) groups is 5. The van der Waals surface area contributed by atoms with Gasteiger partial charge in [-0.3, -0.25) is 19.2 Å². The molecule has 3 heterocycles. The first-order chi connectivity index (χ1) is 35.4. The van der Waals surface area contributed by atoms with Crippen molar-refractivity contribution in [3.8, 4) is 0 Å². The highest BCUT2D eigenvalue weighted by Gasteiger charge is 2.53. The number of hydrogen-bond donors (Lipinski definition) is 3. The second-order valence-electron chi connectivity index (χ2n) is 21.5. The third-order valence-electron chi connectivity index (χ3n) is 15.4. The molecular formula is C56H86F3NO15. The lowest BCUT2D eigenvalue weighted by Gasteiger charge is -2.43. The molecule has 0 radical (unpaired) electrons. The van der Waals surface area contributed by atoms with E-state index in [2.05, 4.69) is 0 Å². The molecule has 4 rings (SSSR count). The average molecular weight is 1070 g/mol. The molecule has 2 saturated heterocycles. The Hall–Kier alpha value is -3.66. The summed E-state index contributed by atoms with van der Waals surface area (Å²) in [6.45, 7) is 10.2. The number of halogens is 3. The Kier molecular flexibility index (Phi) is 26.0. The maximum Gasteiger partial charge on any atom is 0.411 e. The molecule has 426 valence electrons. The van der Waals surface area contributed by atoms with Gasteiger partial charge >= 0.3 is 12.1 Å². The van der Waals surface area contributed by atoms with Crippen molar-refractivity contribution in [2.45, 2.75) is 186 Å². The van der Waals surface area contributed by atoms with Crippen LogP contribution in [-0.4, -0.2) is 164 Å². The summed E-state index contributed by atoms with van der Waals surface area (Å²) in [5, 5.41) is 33.0. The van der Waals surface area contributed by atoms with Gasteiger partial charge in [0.15, 0.2) is 5.78 Å². The lowest BCUT2D eigenvalue weighted by atomic mass is 9.78. The number of alkyl halides is 3. The summed E-state index contributed by atoms with van der Waals surface area (Å²) in [5.74, 6) is -8.98. The van der Waals surface area contributed by atoms with Crippen molar-refractivity contribution in [2.24, 2.45) is 35.5 Å². The average Bonchev–Trinajstić information content (AvgIpc) is 3.37. The van der Waals surface area contributed by atoms with E-state index in [-0.39, 0.29) is 94.3 Å². The van der Waals surface area contributed by atoms with Gasteiger partial charge in [-0.2, -0.15) is 13.2 Å². The monoisotopic (exact) mass is 1070 g/mol. The minimum absolute atomic E-state index is 0.00247. The molecule has 0 aromatic carbocycles. The highest BCUT2D eigenvalue weighted by atomic mass is 19.4. The highest BCUT2D eigenvalue weighted by molar-refractivity contribution is 6.39. The van der Waals surface area contributed by atoms with Crippen LogP contribution in [0.25, 0.3) is 0 Å². The van der Waals surface area contributed by atoms with Crippen molar-refractivity contribution < 1.29 is 85.6 Å². The van der Waals surface area contributed by atoms with Crippen LogP contribution in [0.2, 0.25) is 0 Å². The van der Waals surface area contributed by atoms with Gasteiger partial charge in [0.1, 0.15) is 36.7 Å². The molecule has 2 bridgehead atoms. The number of cyclic esters (lactones) is 1. The summed E-state index contributed by atoms with van der Waals surface area (Å²) in [4.78, 5) is 72.5. The number of methoxy groups -OCH3 is 2. The third-order valence-corrected chi connectivity index (χ3v) is 15.4. The standard InChI is InChI=1S/C56H86F3NO15/c1-34-15-11-10-12-16-35(2)46(73-26-25-71-33-55(57,58)59)31-42-20-18-40(7)56(68,75-42)52(65)53(66)60-22-14-13-17-43(60)54(67)74-47(37(4)29-41-19-21-45(72-24-23-61)48(30-41)69-8)32-44(62)36(3)28-39(6)50(64)51(70-9)49(63)38(5)27-34/h10-12,15-16,28,34,36-38,40-43,45-48,50-51,61,64,68H,13-14,17-27,29-33H2,1-9H3/b12-10+,15-11+,35-16+,39-28+/t34-,36-,37-,38-,40-,41?,42+,43+,45-,46?,47?,48-,50-,51+,56-/m1/s1. The molecule has 3 unspecified atom stereocenters. The number of piperidine rings is 1. The molecule has 75 heavy (non-hydrogen) atoms. The molecule has 15 atom stereocenters. The van der Waals surface area contributed by atoms with Crippen LogP contribution in [0.1, 0.15) is 126 Å². The van der Waals surface area contributed by atoms with Crippen molar-refractivity contribution in [1.82, 2.24) is 4.90 Å². The van der Waals surface area contributed by atoms with E-state index in [1.807, 2.05) is 19.9 Å². The molecule has 0 spiro atoms. The van der Waals surface area contributed by atoms with E-state index in [1.54, 1.807) is 72.1 Å². The largest absolute Gasteiger partial charge is 0.460 e. The maximum atomic E-state index is 14.5. The van der Waals surface area contributed by atoms with Crippen LogP contribution >= 0.6 is 0 Å². The zero-order valence-corrected chi connectivity index (χ0v) is 45.6. The van der Waals surface area contributed by atoms with E-state index in [0.29, 0.717) is 56.1 Å². The van der Waals surface area contributed by atoms with Crippen molar-refractivity contribution in [3.05, 3.63) is 47.6 Å². The Morgan fingerprint density at radius 3 is 2.27 bits per heavy atom. The van der Waals surface area contributed by atoms with E-state index < -0.39 is 96.5 Å². The number of allylic oxidation sites excluding steroid dienone is 6. The molecule has 1 saturated carbocycles. The summed E-state index contributed by atoms with van der Waals surface area (Å²) < 4.78 is 79.0. The topological polar surface area (TPSA) is 214 Å². The number of hydrogen-bond acceptors (Lipinski definition) is 15. The predicted molar refractivity (Wildman–Crippen MR) is 272 cm³/mol. The van der Waals surface area contributed by atoms with Gasteiger partial charge in [0, 0.05) is 51.4 Å². The number of nitrogens with zero attached hydrogens (tertiary/aromatic N) is 1. The number of aliphatic hydroxyl groups excluding tert-OH is 2. The fourth-order valence-electron chi connectivity index (χ4n) is 10.8.